The molecule has 2 N–H and O–H groups in total. The van der Waals surface area contributed by atoms with E-state index in [0.717, 1.165) is 18.9 Å². The van der Waals surface area contributed by atoms with Gasteiger partial charge < -0.3 is 10.6 Å². The van der Waals surface area contributed by atoms with E-state index >= 15 is 0 Å². The van der Waals surface area contributed by atoms with Crippen molar-refractivity contribution in [1.82, 2.24) is 5.32 Å². The van der Waals surface area contributed by atoms with Crippen molar-refractivity contribution in [3.05, 3.63) is 29.3 Å². The quantitative estimate of drug-likeness (QED) is 0.892. The summed E-state index contributed by atoms with van der Waals surface area (Å²) in [4.78, 5) is 11.9. The van der Waals surface area contributed by atoms with Crippen LogP contribution in [0.3, 0.4) is 0 Å². The van der Waals surface area contributed by atoms with E-state index in [0.29, 0.717) is 6.54 Å². The smallest absolute Gasteiger partial charge is 0.388 e. The first-order chi connectivity index (χ1) is 9.25. The minimum Gasteiger partial charge on any atom is -0.388 e. The second kappa shape index (κ2) is 5.00. The van der Waals surface area contributed by atoms with E-state index < -0.39 is 17.6 Å². The number of rotatable bonds is 4. The van der Waals surface area contributed by atoms with Gasteiger partial charge in [-0.2, -0.15) is 13.2 Å². The average Bonchev–Trinajstić information content (AvgIpc) is 3.13. The first-order valence-corrected chi connectivity index (χ1v) is 6.42. The van der Waals surface area contributed by atoms with Crippen LogP contribution < -0.4 is 10.6 Å². The molecule has 1 fully saturated rings. The zero-order chi connectivity index (χ0) is 15.0. The van der Waals surface area contributed by atoms with Crippen LogP contribution in [0.25, 0.3) is 0 Å². The molecule has 1 aromatic carbocycles. The van der Waals surface area contributed by atoms with Gasteiger partial charge >= 0.3 is 6.18 Å². The van der Waals surface area contributed by atoms with Crippen molar-refractivity contribution in [2.24, 2.45) is 5.41 Å². The molecule has 0 saturated heterocycles. The summed E-state index contributed by atoms with van der Waals surface area (Å²) >= 11 is 0. The molecule has 2 rings (SSSR count). The van der Waals surface area contributed by atoms with Crippen molar-refractivity contribution in [2.45, 2.75) is 25.9 Å². The fraction of sp³-hybridized carbons (Fsp3) is 0.500. The summed E-state index contributed by atoms with van der Waals surface area (Å²) in [5, 5.41) is 5.17. The molecule has 0 heterocycles. The van der Waals surface area contributed by atoms with Gasteiger partial charge in [0.05, 0.1) is 5.56 Å². The lowest BCUT2D eigenvalue weighted by Crippen LogP contribution is -2.29. The Morgan fingerprint density at radius 1 is 1.35 bits per heavy atom. The van der Waals surface area contributed by atoms with Gasteiger partial charge in [0, 0.05) is 24.8 Å². The van der Waals surface area contributed by atoms with Gasteiger partial charge in [-0.1, -0.05) is 6.92 Å². The minimum absolute atomic E-state index is 0.0283. The molecule has 1 aromatic rings. The van der Waals surface area contributed by atoms with Gasteiger partial charge in [-0.25, -0.2) is 0 Å². The van der Waals surface area contributed by atoms with Crippen LogP contribution in [0.2, 0.25) is 0 Å². The van der Waals surface area contributed by atoms with Gasteiger partial charge in [0.25, 0.3) is 5.91 Å². The molecule has 1 aliphatic carbocycles. The summed E-state index contributed by atoms with van der Waals surface area (Å²) in [6, 6.07) is 3.55. The van der Waals surface area contributed by atoms with Gasteiger partial charge in [0.1, 0.15) is 0 Å². The Balaban J connectivity index is 2.17. The molecule has 20 heavy (non-hydrogen) atoms. The first kappa shape index (κ1) is 14.7. The molecule has 0 spiro atoms. The molecule has 0 aliphatic heterocycles. The van der Waals surface area contributed by atoms with E-state index in [-0.39, 0.29) is 16.7 Å². The second-order valence-electron chi connectivity index (χ2n) is 5.50. The van der Waals surface area contributed by atoms with Gasteiger partial charge in [-0.3, -0.25) is 4.79 Å². The number of carbonyl (C=O) groups is 1. The predicted molar refractivity (Wildman–Crippen MR) is 70.7 cm³/mol. The molecular formula is C14H17F3N2O. The molecule has 110 valence electrons. The number of anilines is 1. The molecule has 0 bridgehead atoms. The van der Waals surface area contributed by atoms with Crippen molar-refractivity contribution >= 4 is 11.6 Å². The van der Waals surface area contributed by atoms with Gasteiger partial charge in [0.15, 0.2) is 0 Å². The maximum atomic E-state index is 12.9. The molecule has 1 aliphatic rings. The van der Waals surface area contributed by atoms with Crippen LogP contribution in [0.4, 0.5) is 18.9 Å². The molecule has 6 heteroatoms. The number of benzene rings is 1. The van der Waals surface area contributed by atoms with Gasteiger partial charge in [-0.15, -0.1) is 0 Å². The van der Waals surface area contributed by atoms with E-state index in [1.807, 2.05) is 6.92 Å². The Hall–Kier alpha value is -1.72. The Morgan fingerprint density at radius 2 is 2.00 bits per heavy atom. The molecule has 0 aromatic heterocycles. The summed E-state index contributed by atoms with van der Waals surface area (Å²) in [7, 11) is 1.41. The molecule has 0 atom stereocenters. The molecular weight excluding hydrogens is 269 g/mol. The number of hydrogen-bond donors (Lipinski definition) is 2. The maximum absolute atomic E-state index is 12.9. The van der Waals surface area contributed by atoms with E-state index in [1.54, 1.807) is 0 Å². The molecule has 3 nitrogen and oxygen atoms in total. The number of alkyl halides is 3. The average molecular weight is 286 g/mol. The van der Waals surface area contributed by atoms with Crippen LogP contribution >= 0.6 is 0 Å². The Bertz CT molecular complexity index is 522. The van der Waals surface area contributed by atoms with E-state index in [2.05, 4.69) is 10.6 Å². The zero-order valence-electron chi connectivity index (χ0n) is 11.4. The van der Waals surface area contributed by atoms with Crippen LogP contribution in [-0.4, -0.2) is 19.5 Å². The van der Waals surface area contributed by atoms with Crippen LogP contribution in [0, 0.1) is 5.41 Å². The monoisotopic (exact) mass is 286 g/mol. The van der Waals surface area contributed by atoms with Crippen molar-refractivity contribution < 1.29 is 18.0 Å². The lowest BCUT2D eigenvalue weighted by molar-refractivity contribution is -0.136. The SMILES string of the molecule is CNc1ccc(C(=O)NCC2(C)CC2)cc1C(F)(F)F. The van der Waals surface area contributed by atoms with Crippen molar-refractivity contribution in [3.8, 4) is 0 Å². The summed E-state index contributed by atoms with van der Waals surface area (Å²) < 4.78 is 38.7. The third-order valence-electron chi connectivity index (χ3n) is 3.64. The summed E-state index contributed by atoms with van der Waals surface area (Å²) in [5.74, 6) is -0.466. The number of nitrogens with one attached hydrogen (secondary N) is 2. The number of amides is 1. The van der Waals surface area contributed by atoms with Crippen molar-refractivity contribution in [3.63, 3.8) is 0 Å². The van der Waals surface area contributed by atoms with Crippen LogP contribution in [-0.2, 0) is 6.18 Å². The third kappa shape index (κ3) is 3.23. The maximum Gasteiger partial charge on any atom is 0.418 e. The summed E-state index contributed by atoms with van der Waals surface area (Å²) in [5.41, 5.74) is -0.720. The highest BCUT2D eigenvalue weighted by molar-refractivity contribution is 5.95. The van der Waals surface area contributed by atoms with E-state index in [1.165, 1.54) is 19.2 Å². The second-order valence-corrected chi connectivity index (χ2v) is 5.50. The van der Waals surface area contributed by atoms with Crippen LogP contribution in [0.5, 0.6) is 0 Å². The Morgan fingerprint density at radius 3 is 2.50 bits per heavy atom. The van der Waals surface area contributed by atoms with Crippen molar-refractivity contribution in [2.75, 3.05) is 18.9 Å². The first-order valence-electron chi connectivity index (χ1n) is 6.42. The topological polar surface area (TPSA) is 41.1 Å². The highest BCUT2D eigenvalue weighted by Gasteiger charge is 2.37. The highest BCUT2D eigenvalue weighted by Crippen LogP contribution is 2.44. The summed E-state index contributed by atoms with van der Waals surface area (Å²) in [6.45, 7) is 2.54. The van der Waals surface area contributed by atoms with Crippen molar-refractivity contribution in [1.29, 1.82) is 0 Å². The predicted octanol–water partition coefficient (Wildman–Crippen LogP) is 3.28. The summed E-state index contributed by atoms with van der Waals surface area (Å²) in [6.07, 6.45) is -2.41. The van der Waals surface area contributed by atoms with E-state index in [4.69, 9.17) is 0 Å². The Kier molecular flexibility index (Phi) is 3.67. The third-order valence-corrected chi connectivity index (χ3v) is 3.64. The normalized spacial score (nSPS) is 16.6. The fourth-order valence-corrected chi connectivity index (χ4v) is 1.92. The lowest BCUT2D eigenvalue weighted by Gasteiger charge is -2.15. The van der Waals surface area contributed by atoms with Gasteiger partial charge in [-0.05, 0) is 36.5 Å². The number of hydrogen-bond acceptors (Lipinski definition) is 2. The van der Waals surface area contributed by atoms with Gasteiger partial charge in [0.2, 0.25) is 0 Å². The van der Waals surface area contributed by atoms with Crippen LogP contribution in [0.1, 0.15) is 35.7 Å². The Labute approximate surface area is 115 Å². The molecule has 1 saturated carbocycles. The fourth-order valence-electron chi connectivity index (χ4n) is 1.92. The minimum atomic E-state index is -4.49. The highest BCUT2D eigenvalue weighted by atomic mass is 19.4. The largest absolute Gasteiger partial charge is 0.418 e. The molecule has 0 unspecified atom stereocenters. The zero-order valence-corrected chi connectivity index (χ0v) is 11.4. The van der Waals surface area contributed by atoms with E-state index in [9.17, 15) is 18.0 Å². The molecule has 0 radical (unpaired) electrons. The van der Waals surface area contributed by atoms with Crippen LogP contribution in [0.15, 0.2) is 18.2 Å². The molecule has 1 amide bonds. The standard InChI is InChI=1S/C14H17F3N2O/c1-13(5-6-13)8-19-12(20)9-3-4-11(18-2)10(7-9)14(15,16)17/h3-4,7,18H,5-6,8H2,1-2H3,(H,19,20). The number of halogens is 3. The lowest BCUT2D eigenvalue weighted by atomic mass is 10.1. The number of carbonyl (C=O) groups excluding carboxylic acids is 1.